The number of benzene rings is 2. The Morgan fingerprint density at radius 3 is 2.27 bits per heavy atom. The molecule has 1 aliphatic rings. The molecule has 1 heterocycles. The van der Waals surface area contributed by atoms with Crippen LogP contribution in [0.1, 0.15) is 46.7 Å². The third kappa shape index (κ3) is 4.92. The van der Waals surface area contributed by atoms with Crippen LogP contribution < -0.4 is 10.6 Å². The summed E-state index contributed by atoms with van der Waals surface area (Å²) in [5.74, 6) is -0.386. The molecule has 0 saturated carbocycles. The molecule has 1 fully saturated rings. The molecule has 0 unspecified atom stereocenters. The first-order valence-electron chi connectivity index (χ1n) is 9.04. The van der Waals surface area contributed by atoms with Crippen molar-refractivity contribution in [3.05, 3.63) is 65.2 Å². The minimum absolute atomic E-state index is 0.0922. The van der Waals surface area contributed by atoms with E-state index in [9.17, 15) is 9.59 Å². The number of aryl methyl sites for hydroxylation is 1. The number of piperidine rings is 1. The second-order valence-electron chi connectivity index (χ2n) is 6.69. The predicted molar refractivity (Wildman–Crippen MR) is 102 cm³/mol. The van der Waals surface area contributed by atoms with Crippen molar-refractivity contribution >= 4 is 17.6 Å². The van der Waals surface area contributed by atoms with Gasteiger partial charge in [-0.05, 0) is 73.7 Å². The molecule has 2 aromatic carbocycles. The molecule has 5 nitrogen and oxygen atoms in total. The normalized spacial score (nSPS) is 14.8. The topological polar surface area (TPSA) is 78.4 Å². The maximum Gasteiger partial charge on any atom is 0.303 e. The number of nitrogens with one attached hydrogen (secondary N) is 2. The fraction of sp³-hybridized carbons (Fsp3) is 0.333. The number of aliphatic carboxylic acids is 1. The van der Waals surface area contributed by atoms with Gasteiger partial charge in [0.05, 0.1) is 0 Å². The van der Waals surface area contributed by atoms with E-state index in [0.29, 0.717) is 17.9 Å². The molecule has 0 bridgehead atoms. The number of hydrogen-bond acceptors (Lipinski definition) is 3. The van der Waals surface area contributed by atoms with Crippen LogP contribution in [-0.2, 0) is 11.2 Å². The summed E-state index contributed by atoms with van der Waals surface area (Å²) < 4.78 is 0. The van der Waals surface area contributed by atoms with Crippen LogP contribution in [0.15, 0.2) is 48.5 Å². The zero-order chi connectivity index (χ0) is 18.4. The van der Waals surface area contributed by atoms with Gasteiger partial charge < -0.3 is 15.7 Å². The van der Waals surface area contributed by atoms with Crippen molar-refractivity contribution in [2.75, 3.05) is 18.4 Å². The molecule has 0 atom stereocenters. The van der Waals surface area contributed by atoms with Crippen molar-refractivity contribution in [3.8, 4) is 0 Å². The summed E-state index contributed by atoms with van der Waals surface area (Å²) in [7, 11) is 0. The molecule has 3 rings (SSSR count). The Labute approximate surface area is 153 Å². The van der Waals surface area contributed by atoms with E-state index in [0.717, 1.165) is 37.2 Å². The van der Waals surface area contributed by atoms with Crippen molar-refractivity contribution in [2.24, 2.45) is 0 Å². The quantitative estimate of drug-likeness (QED) is 0.744. The summed E-state index contributed by atoms with van der Waals surface area (Å²) in [6, 6.07) is 15.2. The van der Waals surface area contributed by atoms with Gasteiger partial charge in [0.1, 0.15) is 0 Å². The van der Waals surface area contributed by atoms with Gasteiger partial charge in [-0.2, -0.15) is 0 Å². The van der Waals surface area contributed by atoms with Gasteiger partial charge in [0.15, 0.2) is 0 Å². The SMILES string of the molecule is O=C(O)CCc1ccc(C(=O)Nc2ccc(C3CCNCC3)cc2)cc1. The van der Waals surface area contributed by atoms with E-state index < -0.39 is 5.97 Å². The molecule has 0 radical (unpaired) electrons. The molecule has 0 spiro atoms. The van der Waals surface area contributed by atoms with E-state index in [1.807, 2.05) is 12.1 Å². The Kier molecular flexibility index (Phi) is 6.02. The van der Waals surface area contributed by atoms with Gasteiger partial charge in [-0.1, -0.05) is 24.3 Å². The molecule has 1 amide bonds. The zero-order valence-corrected chi connectivity index (χ0v) is 14.7. The fourth-order valence-corrected chi connectivity index (χ4v) is 3.27. The molecule has 26 heavy (non-hydrogen) atoms. The number of rotatable bonds is 6. The molecule has 5 heteroatoms. The van der Waals surface area contributed by atoms with Crippen LogP contribution in [0.3, 0.4) is 0 Å². The van der Waals surface area contributed by atoms with Gasteiger partial charge in [0.2, 0.25) is 0 Å². The Hall–Kier alpha value is -2.66. The highest BCUT2D eigenvalue weighted by molar-refractivity contribution is 6.04. The summed E-state index contributed by atoms with van der Waals surface area (Å²) in [6.45, 7) is 2.12. The Balaban J connectivity index is 1.57. The smallest absolute Gasteiger partial charge is 0.303 e. The van der Waals surface area contributed by atoms with Crippen molar-refractivity contribution in [1.29, 1.82) is 0 Å². The number of carbonyl (C=O) groups excluding carboxylic acids is 1. The maximum absolute atomic E-state index is 12.4. The van der Waals surface area contributed by atoms with Gasteiger partial charge in [-0.15, -0.1) is 0 Å². The van der Waals surface area contributed by atoms with Crippen LogP contribution in [0.5, 0.6) is 0 Å². The number of carboxylic acids is 1. The first kappa shape index (κ1) is 18.1. The summed E-state index contributed by atoms with van der Waals surface area (Å²) in [6.07, 6.45) is 2.87. The summed E-state index contributed by atoms with van der Waals surface area (Å²) in [5.41, 5.74) is 3.58. The highest BCUT2D eigenvalue weighted by Gasteiger charge is 2.15. The number of hydrogen-bond donors (Lipinski definition) is 3. The Bertz CT molecular complexity index is 748. The summed E-state index contributed by atoms with van der Waals surface area (Å²) >= 11 is 0. The molecule has 0 aromatic heterocycles. The average Bonchev–Trinajstić information content (AvgIpc) is 2.68. The molecule has 1 aliphatic heterocycles. The molecular weight excluding hydrogens is 328 g/mol. The third-order valence-corrected chi connectivity index (χ3v) is 4.82. The van der Waals surface area contributed by atoms with E-state index in [-0.39, 0.29) is 12.3 Å². The second-order valence-corrected chi connectivity index (χ2v) is 6.69. The van der Waals surface area contributed by atoms with Crippen molar-refractivity contribution in [3.63, 3.8) is 0 Å². The number of carbonyl (C=O) groups is 2. The van der Waals surface area contributed by atoms with Gasteiger partial charge in [0.25, 0.3) is 5.91 Å². The van der Waals surface area contributed by atoms with Crippen LogP contribution in [0.2, 0.25) is 0 Å². The second kappa shape index (κ2) is 8.63. The Morgan fingerprint density at radius 2 is 1.65 bits per heavy atom. The number of carboxylic acid groups (broad SMARTS) is 1. The standard InChI is InChI=1S/C21H24N2O3/c24-20(25)10-3-15-1-4-18(5-2-15)21(26)23-19-8-6-16(7-9-19)17-11-13-22-14-12-17/h1-2,4-9,17,22H,3,10-14H2,(H,23,26)(H,24,25). The third-order valence-electron chi connectivity index (χ3n) is 4.82. The lowest BCUT2D eigenvalue weighted by Crippen LogP contribution is -2.26. The van der Waals surface area contributed by atoms with E-state index in [2.05, 4.69) is 22.8 Å². The lowest BCUT2D eigenvalue weighted by Gasteiger charge is -2.23. The van der Waals surface area contributed by atoms with Gasteiger partial charge >= 0.3 is 5.97 Å². The predicted octanol–water partition coefficient (Wildman–Crippen LogP) is 3.42. The monoisotopic (exact) mass is 352 g/mol. The largest absolute Gasteiger partial charge is 0.481 e. The fourth-order valence-electron chi connectivity index (χ4n) is 3.27. The summed E-state index contributed by atoms with van der Waals surface area (Å²) in [4.78, 5) is 23.0. The van der Waals surface area contributed by atoms with Gasteiger partial charge in [-0.25, -0.2) is 0 Å². The van der Waals surface area contributed by atoms with E-state index in [1.165, 1.54) is 5.56 Å². The van der Waals surface area contributed by atoms with E-state index >= 15 is 0 Å². The van der Waals surface area contributed by atoms with Crippen molar-refractivity contribution < 1.29 is 14.7 Å². The zero-order valence-electron chi connectivity index (χ0n) is 14.7. The molecule has 136 valence electrons. The lowest BCUT2D eigenvalue weighted by atomic mass is 9.90. The molecule has 2 aromatic rings. The minimum Gasteiger partial charge on any atom is -0.481 e. The van der Waals surface area contributed by atoms with Crippen LogP contribution in [0.4, 0.5) is 5.69 Å². The molecule has 1 saturated heterocycles. The first-order valence-corrected chi connectivity index (χ1v) is 9.04. The molecule has 0 aliphatic carbocycles. The number of anilines is 1. The van der Waals surface area contributed by atoms with Gasteiger partial charge in [0, 0.05) is 17.7 Å². The molecular formula is C21H24N2O3. The van der Waals surface area contributed by atoms with Crippen LogP contribution in [0.25, 0.3) is 0 Å². The highest BCUT2D eigenvalue weighted by atomic mass is 16.4. The van der Waals surface area contributed by atoms with E-state index in [4.69, 9.17) is 5.11 Å². The van der Waals surface area contributed by atoms with E-state index in [1.54, 1.807) is 24.3 Å². The lowest BCUT2D eigenvalue weighted by molar-refractivity contribution is -0.136. The highest BCUT2D eigenvalue weighted by Crippen LogP contribution is 2.26. The van der Waals surface area contributed by atoms with Crippen LogP contribution >= 0.6 is 0 Å². The van der Waals surface area contributed by atoms with Crippen LogP contribution in [0, 0.1) is 0 Å². The summed E-state index contributed by atoms with van der Waals surface area (Å²) in [5, 5.41) is 15.0. The van der Waals surface area contributed by atoms with Crippen molar-refractivity contribution in [1.82, 2.24) is 5.32 Å². The Morgan fingerprint density at radius 1 is 1.00 bits per heavy atom. The minimum atomic E-state index is -0.820. The van der Waals surface area contributed by atoms with Crippen molar-refractivity contribution in [2.45, 2.75) is 31.6 Å². The van der Waals surface area contributed by atoms with Gasteiger partial charge in [-0.3, -0.25) is 9.59 Å². The number of amides is 1. The van der Waals surface area contributed by atoms with Crippen LogP contribution in [-0.4, -0.2) is 30.1 Å². The first-order chi connectivity index (χ1) is 12.6. The maximum atomic E-state index is 12.4. The molecule has 3 N–H and O–H groups in total. The average molecular weight is 352 g/mol.